The molecule has 1 fully saturated rings. The van der Waals surface area contributed by atoms with Crippen molar-refractivity contribution in [2.75, 3.05) is 5.32 Å². The van der Waals surface area contributed by atoms with Gasteiger partial charge < -0.3 is 5.32 Å². The van der Waals surface area contributed by atoms with Crippen molar-refractivity contribution in [1.29, 1.82) is 0 Å². The van der Waals surface area contributed by atoms with Crippen LogP contribution in [0, 0.1) is 17.6 Å². The van der Waals surface area contributed by atoms with Crippen LogP contribution in [0.1, 0.15) is 6.42 Å². The summed E-state index contributed by atoms with van der Waals surface area (Å²) < 4.78 is 26.5. The Balaban J connectivity index is 2.06. The molecule has 1 aliphatic heterocycles. The second-order valence-corrected chi connectivity index (χ2v) is 3.88. The van der Waals surface area contributed by atoms with Gasteiger partial charge in [-0.05, 0) is 12.1 Å². The number of rotatable bonds is 3. The molecule has 1 aliphatic rings. The van der Waals surface area contributed by atoms with Crippen LogP contribution >= 0.6 is 0 Å². The fraction of sp³-hybridized carbons (Fsp3) is 0.182. The molecular weight excluding hydrogens is 260 g/mol. The highest BCUT2D eigenvalue weighted by atomic mass is 19.1. The minimum atomic E-state index is -1.20. The van der Waals surface area contributed by atoms with Crippen molar-refractivity contribution in [3.05, 3.63) is 29.8 Å². The molecule has 8 heteroatoms. The van der Waals surface area contributed by atoms with E-state index >= 15 is 0 Å². The van der Waals surface area contributed by atoms with E-state index in [0.717, 1.165) is 18.2 Å². The lowest BCUT2D eigenvalue weighted by Gasteiger charge is -2.08. The van der Waals surface area contributed by atoms with E-state index in [4.69, 9.17) is 0 Å². The van der Waals surface area contributed by atoms with Gasteiger partial charge in [0, 0.05) is 6.42 Å². The quantitative estimate of drug-likeness (QED) is 0.679. The van der Waals surface area contributed by atoms with Crippen LogP contribution < -0.4 is 16.2 Å². The van der Waals surface area contributed by atoms with Gasteiger partial charge in [0.2, 0.25) is 5.91 Å². The zero-order valence-corrected chi connectivity index (χ0v) is 9.50. The molecule has 100 valence electrons. The Bertz CT molecular complexity index is 526. The topological polar surface area (TPSA) is 87.3 Å². The molecule has 1 heterocycles. The molecule has 1 saturated heterocycles. The molecule has 0 aromatic heterocycles. The standard InChI is InChI=1S/C11H9F2N3O3/c12-6-2-1-3-7(13)9(6)14-8(17)4-5-10(18)15-16-11(5)19/h1-3,5H,4H2,(H,14,17)(H,15,18)(H,16,19). The van der Waals surface area contributed by atoms with Crippen molar-refractivity contribution >= 4 is 23.4 Å². The monoisotopic (exact) mass is 269 g/mol. The number of benzene rings is 1. The minimum Gasteiger partial charge on any atom is -0.321 e. The van der Waals surface area contributed by atoms with E-state index in [1.54, 1.807) is 0 Å². The third-order valence-electron chi connectivity index (χ3n) is 2.56. The fourth-order valence-electron chi connectivity index (χ4n) is 1.59. The van der Waals surface area contributed by atoms with E-state index in [2.05, 4.69) is 0 Å². The molecule has 0 spiro atoms. The molecule has 0 radical (unpaired) electrons. The van der Waals surface area contributed by atoms with E-state index < -0.39 is 47.4 Å². The summed E-state index contributed by atoms with van der Waals surface area (Å²) in [4.78, 5) is 33.9. The summed E-state index contributed by atoms with van der Waals surface area (Å²) in [5.41, 5.74) is 3.48. The van der Waals surface area contributed by atoms with E-state index in [1.807, 2.05) is 16.2 Å². The van der Waals surface area contributed by atoms with Crippen molar-refractivity contribution in [1.82, 2.24) is 10.9 Å². The molecule has 0 aliphatic carbocycles. The molecule has 0 atom stereocenters. The first kappa shape index (κ1) is 12.9. The fourth-order valence-corrected chi connectivity index (χ4v) is 1.59. The third-order valence-corrected chi connectivity index (χ3v) is 2.56. The lowest BCUT2D eigenvalue weighted by atomic mass is 10.1. The van der Waals surface area contributed by atoms with Crippen LogP contribution in [0.25, 0.3) is 0 Å². The number of carbonyl (C=O) groups excluding carboxylic acids is 3. The smallest absolute Gasteiger partial charge is 0.251 e. The van der Waals surface area contributed by atoms with Crippen molar-refractivity contribution in [2.24, 2.45) is 5.92 Å². The Morgan fingerprint density at radius 1 is 1.16 bits per heavy atom. The Kier molecular flexibility index (Phi) is 3.41. The molecule has 6 nitrogen and oxygen atoms in total. The summed E-state index contributed by atoms with van der Waals surface area (Å²) in [6, 6.07) is 3.11. The number of hydrogen-bond acceptors (Lipinski definition) is 3. The first-order chi connectivity index (χ1) is 8.99. The van der Waals surface area contributed by atoms with Gasteiger partial charge in [-0.1, -0.05) is 6.07 Å². The molecule has 0 saturated carbocycles. The largest absolute Gasteiger partial charge is 0.321 e. The van der Waals surface area contributed by atoms with Gasteiger partial charge in [0.1, 0.15) is 23.2 Å². The molecule has 0 unspecified atom stereocenters. The van der Waals surface area contributed by atoms with Gasteiger partial charge in [-0.3, -0.25) is 25.2 Å². The summed E-state index contributed by atoms with van der Waals surface area (Å²) in [6.07, 6.45) is -0.495. The summed E-state index contributed by atoms with van der Waals surface area (Å²) in [6.45, 7) is 0. The lowest BCUT2D eigenvalue weighted by Crippen LogP contribution is -2.28. The summed E-state index contributed by atoms with van der Waals surface area (Å²) >= 11 is 0. The highest BCUT2D eigenvalue weighted by Gasteiger charge is 2.34. The van der Waals surface area contributed by atoms with Crippen LogP contribution in [-0.4, -0.2) is 17.7 Å². The number of hydrogen-bond donors (Lipinski definition) is 3. The van der Waals surface area contributed by atoms with Crippen molar-refractivity contribution in [2.45, 2.75) is 6.42 Å². The van der Waals surface area contributed by atoms with Crippen LogP contribution in [0.4, 0.5) is 14.5 Å². The Morgan fingerprint density at radius 2 is 1.68 bits per heavy atom. The Morgan fingerprint density at radius 3 is 2.21 bits per heavy atom. The van der Waals surface area contributed by atoms with E-state index in [0.29, 0.717) is 0 Å². The second-order valence-electron chi connectivity index (χ2n) is 3.88. The maximum absolute atomic E-state index is 13.3. The summed E-state index contributed by atoms with van der Waals surface area (Å²) in [5.74, 6) is -5.22. The van der Waals surface area contributed by atoms with Gasteiger partial charge in [-0.15, -0.1) is 0 Å². The van der Waals surface area contributed by atoms with Crippen molar-refractivity contribution in [3.8, 4) is 0 Å². The first-order valence-corrected chi connectivity index (χ1v) is 5.32. The summed E-state index contributed by atoms with van der Waals surface area (Å²) in [5, 5.41) is 2.00. The molecule has 1 aromatic carbocycles. The second kappa shape index (κ2) is 5.01. The maximum Gasteiger partial charge on any atom is 0.251 e. The average molecular weight is 269 g/mol. The van der Waals surface area contributed by atoms with Gasteiger partial charge in [-0.2, -0.15) is 0 Å². The number of para-hydroxylation sites is 1. The molecular formula is C11H9F2N3O3. The van der Waals surface area contributed by atoms with E-state index in [9.17, 15) is 23.2 Å². The van der Waals surface area contributed by atoms with E-state index in [1.165, 1.54) is 0 Å². The normalized spacial score (nSPS) is 15.1. The van der Waals surface area contributed by atoms with Crippen molar-refractivity contribution in [3.63, 3.8) is 0 Å². The number of halogens is 2. The third kappa shape index (κ3) is 2.67. The Labute approximate surface area is 106 Å². The molecule has 19 heavy (non-hydrogen) atoms. The zero-order chi connectivity index (χ0) is 14.0. The van der Waals surface area contributed by atoms with E-state index in [-0.39, 0.29) is 0 Å². The van der Waals surface area contributed by atoms with Gasteiger partial charge in [0.15, 0.2) is 0 Å². The van der Waals surface area contributed by atoms with Crippen LogP contribution in [0.15, 0.2) is 18.2 Å². The lowest BCUT2D eigenvalue weighted by molar-refractivity contribution is -0.131. The SMILES string of the molecule is O=C(CC1C(=O)NNC1=O)Nc1c(F)cccc1F. The zero-order valence-electron chi connectivity index (χ0n) is 9.50. The maximum atomic E-state index is 13.3. The van der Waals surface area contributed by atoms with Gasteiger partial charge in [0.05, 0.1) is 0 Å². The predicted octanol–water partition coefficient (Wildman–Crippen LogP) is 0.0706. The molecule has 3 amide bonds. The first-order valence-electron chi connectivity index (χ1n) is 5.32. The van der Waals surface area contributed by atoms with Gasteiger partial charge in [-0.25, -0.2) is 8.78 Å². The highest BCUT2D eigenvalue weighted by molar-refractivity contribution is 6.08. The molecule has 2 rings (SSSR count). The number of carbonyl (C=O) groups is 3. The molecule has 0 bridgehead atoms. The van der Waals surface area contributed by atoms with Gasteiger partial charge in [0.25, 0.3) is 11.8 Å². The van der Waals surface area contributed by atoms with Crippen LogP contribution in [0.2, 0.25) is 0 Å². The number of nitrogens with one attached hydrogen (secondary N) is 3. The van der Waals surface area contributed by atoms with Crippen LogP contribution in [0.5, 0.6) is 0 Å². The van der Waals surface area contributed by atoms with Crippen LogP contribution in [0.3, 0.4) is 0 Å². The minimum absolute atomic E-state index is 0.495. The van der Waals surface area contributed by atoms with Crippen molar-refractivity contribution < 1.29 is 23.2 Å². The highest BCUT2D eigenvalue weighted by Crippen LogP contribution is 2.19. The number of amides is 3. The van der Waals surface area contributed by atoms with Gasteiger partial charge >= 0.3 is 0 Å². The molecule has 1 aromatic rings. The number of hydrazine groups is 1. The summed E-state index contributed by atoms with van der Waals surface area (Å²) in [7, 11) is 0. The predicted molar refractivity (Wildman–Crippen MR) is 59.4 cm³/mol. The number of anilines is 1. The average Bonchev–Trinajstić information content (AvgIpc) is 2.66. The van der Waals surface area contributed by atoms with Crippen LogP contribution in [-0.2, 0) is 14.4 Å². The molecule has 3 N–H and O–H groups in total. The Hall–Kier alpha value is -2.51.